The maximum atomic E-state index is 6.04. The Morgan fingerprint density at radius 2 is 2.12 bits per heavy atom. The van der Waals surface area contributed by atoms with Gasteiger partial charge >= 0.3 is 0 Å². The van der Waals surface area contributed by atoms with Gasteiger partial charge in [-0.25, -0.2) is 4.68 Å². The number of aryl methyl sites for hydroxylation is 2. The van der Waals surface area contributed by atoms with Crippen molar-refractivity contribution in [3.8, 4) is 5.88 Å². The van der Waals surface area contributed by atoms with Crippen LogP contribution in [0.1, 0.15) is 11.3 Å². The molecule has 0 bridgehead atoms. The lowest BCUT2D eigenvalue weighted by Gasteiger charge is -2.08. The van der Waals surface area contributed by atoms with Crippen molar-refractivity contribution in [2.24, 2.45) is 7.05 Å². The molecule has 0 aliphatic rings. The van der Waals surface area contributed by atoms with E-state index >= 15 is 0 Å². The van der Waals surface area contributed by atoms with Crippen molar-refractivity contribution in [2.75, 3.05) is 5.73 Å². The van der Waals surface area contributed by atoms with Crippen molar-refractivity contribution >= 4 is 17.3 Å². The van der Waals surface area contributed by atoms with Gasteiger partial charge in [-0.2, -0.15) is 5.10 Å². The van der Waals surface area contributed by atoms with Gasteiger partial charge in [-0.1, -0.05) is 29.8 Å². The topological polar surface area (TPSA) is 53.1 Å². The second kappa shape index (κ2) is 4.67. The highest BCUT2D eigenvalue weighted by Crippen LogP contribution is 2.25. The fraction of sp³-hybridized carbons (Fsp3) is 0.250. The van der Waals surface area contributed by atoms with Crippen LogP contribution in [0.5, 0.6) is 5.88 Å². The third-order valence-electron chi connectivity index (χ3n) is 2.54. The first kappa shape index (κ1) is 11.8. The van der Waals surface area contributed by atoms with E-state index in [-0.39, 0.29) is 0 Å². The Morgan fingerprint density at radius 1 is 1.41 bits per heavy atom. The third kappa shape index (κ3) is 2.36. The molecule has 1 heterocycles. The molecule has 5 heteroatoms. The van der Waals surface area contributed by atoms with Gasteiger partial charge in [0.1, 0.15) is 12.3 Å². The lowest BCUT2D eigenvalue weighted by molar-refractivity contribution is 0.280. The zero-order valence-corrected chi connectivity index (χ0v) is 10.5. The number of nitrogens with two attached hydrogens (primary N) is 1. The molecule has 0 aliphatic heterocycles. The van der Waals surface area contributed by atoms with Crippen LogP contribution in [-0.4, -0.2) is 9.78 Å². The molecule has 0 spiro atoms. The van der Waals surface area contributed by atoms with Crippen LogP contribution in [0.2, 0.25) is 5.02 Å². The summed E-state index contributed by atoms with van der Waals surface area (Å²) in [5.74, 6) is 0.572. The number of halogens is 1. The first-order chi connectivity index (χ1) is 8.09. The lowest BCUT2D eigenvalue weighted by Crippen LogP contribution is -2.03. The van der Waals surface area contributed by atoms with E-state index < -0.39 is 0 Å². The predicted molar refractivity (Wildman–Crippen MR) is 68.1 cm³/mol. The minimum Gasteiger partial charge on any atom is -0.471 e. The summed E-state index contributed by atoms with van der Waals surface area (Å²) in [6.45, 7) is 2.22. The molecule has 0 unspecified atom stereocenters. The quantitative estimate of drug-likeness (QED) is 0.912. The standard InChI is InChI=1S/C12H14ClN3O/c1-8-11(14)12(16(2)15-8)17-7-9-5-3-4-6-10(9)13/h3-6H,7,14H2,1-2H3. The molecule has 2 aromatic rings. The molecule has 0 saturated carbocycles. The summed E-state index contributed by atoms with van der Waals surface area (Å²) in [6, 6.07) is 7.55. The summed E-state index contributed by atoms with van der Waals surface area (Å²) in [5.41, 5.74) is 8.12. The molecule has 0 fully saturated rings. The number of ether oxygens (including phenoxy) is 1. The van der Waals surface area contributed by atoms with Crippen molar-refractivity contribution in [1.29, 1.82) is 0 Å². The van der Waals surface area contributed by atoms with Crippen molar-refractivity contribution < 1.29 is 4.74 Å². The second-order valence-corrected chi connectivity index (χ2v) is 4.22. The highest BCUT2D eigenvalue weighted by molar-refractivity contribution is 6.31. The van der Waals surface area contributed by atoms with E-state index in [1.165, 1.54) is 0 Å². The number of hydrogen-bond donors (Lipinski definition) is 1. The minimum atomic E-state index is 0.378. The number of nitrogens with zero attached hydrogens (tertiary/aromatic N) is 2. The average Bonchev–Trinajstić information content (AvgIpc) is 2.53. The minimum absolute atomic E-state index is 0.378. The van der Waals surface area contributed by atoms with Crippen LogP contribution in [-0.2, 0) is 13.7 Å². The van der Waals surface area contributed by atoms with Crippen LogP contribution < -0.4 is 10.5 Å². The van der Waals surface area contributed by atoms with Gasteiger partial charge in [0.2, 0.25) is 5.88 Å². The molecule has 0 saturated heterocycles. The fourth-order valence-corrected chi connectivity index (χ4v) is 1.78. The molecule has 2 rings (SSSR count). The first-order valence-electron chi connectivity index (χ1n) is 5.25. The van der Waals surface area contributed by atoms with E-state index in [4.69, 9.17) is 22.1 Å². The van der Waals surface area contributed by atoms with Gasteiger partial charge in [-0.15, -0.1) is 0 Å². The summed E-state index contributed by atoms with van der Waals surface area (Å²) < 4.78 is 7.27. The van der Waals surface area contributed by atoms with Crippen molar-refractivity contribution in [3.05, 3.63) is 40.5 Å². The Bertz CT molecular complexity index is 537. The average molecular weight is 252 g/mol. The van der Waals surface area contributed by atoms with E-state index in [1.54, 1.807) is 11.7 Å². The normalized spacial score (nSPS) is 10.5. The number of anilines is 1. The molecule has 90 valence electrons. The van der Waals surface area contributed by atoms with Gasteiger partial charge in [0.05, 0.1) is 5.69 Å². The predicted octanol–water partition coefficient (Wildman–Crippen LogP) is 2.54. The van der Waals surface area contributed by atoms with Crippen molar-refractivity contribution in [2.45, 2.75) is 13.5 Å². The largest absolute Gasteiger partial charge is 0.471 e. The number of rotatable bonds is 3. The van der Waals surface area contributed by atoms with Crippen LogP contribution in [0, 0.1) is 6.92 Å². The van der Waals surface area contributed by atoms with Crippen molar-refractivity contribution in [3.63, 3.8) is 0 Å². The maximum Gasteiger partial charge on any atom is 0.236 e. The summed E-state index contributed by atoms with van der Waals surface area (Å²) in [7, 11) is 1.80. The molecule has 0 aliphatic carbocycles. The van der Waals surface area contributed by atoms with E-state index in [0.717, 1.165) is 11.3 Å². The highest BCUT2D eigenvalue weighted by atomic mass is 35.5. The van der Waals surface area contributed by atoms with E-state index in [9.17, 15) is 0 Å². The van der Waals surface area contributed by atoms with Crippen LogP contribution in [0.3, 0.4) is 0 Å². The summed E-state index contributed by atoms with van der Waals surface area (Å²) in [6.07, 6.45) is 0. The molecule has 2 N–H and O–H groups in total. The monoisotopic (exact) mass is 251 g/mol. The molecule has 0 atom stereocenters. The van der Waals surface area contributed by atoms with Gasteiger partial charge in [0, 0.05) is 17.6 Å². The highest BCUT2D eigenvalue weighted by Gasteiger charge is 2.11. The van der Waals surface area contributed by atoms with E-state index in [0.29, 0.717) is 23.2 Å². The molecule has 0 amide bonds. The Morgan fingerprint density at radius 3 is 2.71 bits per heavy atom. The molecule has 4 nitrogen and oxygen atoms in total. The van der Waals surface area contributed by atoms with Crippen LogP contribution in [0.15, 0.2) is 24.3 Å². The number of aromatic nitrogens is 2. The number of benzene rings is 1. The molecule has 1 aromatic heterocycles. The van der Waals surface area contributed by atoms with Crippen molar-refractivity contribution in [1.82, 2.24) is 9.78 Å². The molecular weight excluding hydrogens is 238 g/mol. The molecule has 17 heavy (non-hydrogen) atoms. The smallest absolute Gasteiger partial charge is 0.236 e. The third-order valence-corrected chi connectivity index (χ3v) is 2.91. The van der Waals surface area contributed by atoms with Gasteiger partial charge in [0.15, 0.2) is 0 Å². The Kier molecular flexibility index (Phi) is 3.24. The van der Waals surface area contributed by atoms with Crippen LogP contribution in [0.25, 0.3) is 0 Å². The Balaban J connectivity index is 2.15. The summed E-state index contributed by atoms with van der Waals surface area (Å²) in [4.78, 5) is 0. The SMILES string of the molecule is Cc1nn(C)c(OCc2ccccc2Cl)c1N. The van der Waals surface area contributed by atoms with Crippen LogP contribution >= 0.6 is 11.6 Å². The van der Waals surface area contributed by atoms with Gasteiger partial charge in [-0.3, -0.25) is 0 Å². The number of nitrogen functional groups attached to an aromatic ring is 1. The van der Waals surface area contributed by atoms with Crippen LogP contribution in [0.4, 0.5) is 5.69 Å². The molecule has 1 aromatic carbocycles. The van der Waals surface area contributed by atoms with E-state index in [2.05, 4.69) is 5.10 Å². The number of hydrogen-bond acceptors (Lipinski definition) is 3. The first-order valence-corrected chi connectivity index (χ1v) is 5.62. The van der Waals surface area contributed by atoms with E-state index in [1.807, 2.05) is 31.2 Å². The zero-order chi connectivity index (χ0) is 12.4. The zero-order valence-electron chi connectivity index (χ0n) is 9.77. The van der Waals surface area contributed by atoms with Gasteiger partial charge in [-0.05, 0) is 13.0 Å². The molecular formula is C12H14ClN3O. The lowest BCUT2D eigenvalue weighted by atomic mass is 10.2. The molecule has 0 radical (unpaired) electrons. The van der Waals surface area contributed by atoms with Gasteiger partial charge in [0.25, 0.3) is 0 Å². The Labute approximate surface area is 105 Å². The maximum absolute atomic E-state index is 6.04. The van der Waals surface area contributed by atoms with Gasteiger partial charge < -0.3 is 10.5 Å². The Hall–Kier alpha value is -1.68. The summed E-state index contributed by atoms with van der Waals surface area (Å²) >= 11 is 6.04. The summed E-state index contributed by atoms with van der Waals surface area (Å²) in [5, 5.41) is 4.86. The second-order valence-electron chi connectivity index (χ2n) is 3.81. The fourth-order valence-electron chi connectivity index (χ4n) is 1.59.